The van der Waals surface area contributed by atoms with E-state index in [1.54, 1.807) is 6.07 Å². The standard InChI is InChI=1S/C24H27F3O4S/c1-22(28)12-13-23(15-17-6-3-2-4-7-17)19(16-22)9-5-8-18-14-20(10-11-21(18)23)31-32(29,30)24(25,26)27/h2-4,6-7,10-11,14,19,28H,5,8-9,12-13,15-16H2,1H3/t19-,22-,23+/m1/s1. The number of aliphatic hydroxyl groups is 1. The SMILES string of the molecule is C[C@@]1(O)CC[C@@]2(Cc3ccccc3)c3ccc(OS(=O)(=O)C(F)(F)F)cc3CCC[C@@H]2C1. The van der Waals surface area contributed by atoms with Gasteiger partial charge < -0.3 is 9.29 Å². The maximum Gasteiger partial charge on any atom is 0.534 e. The molecule has 0 spiro atoms. The molecule has 174 valence electrons. The first-order chi connectivity index (χ1) is 14.9. The Morgan fingerprint density at radius 2 is 1.84 bits per heavy atom. The van der Waals surface area contributed by atoms with Crippen molar-refractivity contribution < 1.29 is 30.9 Å². The van der Waals surface area contributed by atoms with Gasteiger partial charge in [-0.15, -0.1) is 0 Å². The highest BCUT2D eigenvalue weighted by atomic mass is 32.2. The molecule has 0 unspecified atom stereocenters. The first-order valence-corrected chi connectivity index (χ1v) is 12.2. The summed E-state index contributed by atoms with van der Waals surface area (Å²) in [6, 6.07) is 14.6. The Labute approximate surface area is 186 Å². The zero-order valence-corrected chi connectivity index (χ0v) is 18.7. The first kappa shape index (κ1) is 23.1. The summed E-state index contributed by atoms with van der Waals surface area (Å²) in [7, 11) is -5.72. The van der Waals surface area contributed by atoms with E-state index >= 15 is 0 Å². The summed E-state index contributed by atoms with van der Waals surface area (Å²) in [4.78, 5) is 0. The third kappa shape index (κ3) is 4.39. The van der Waals surface area contributed by atoms with Crippen molar-refractivity contribution in [3.8, 4) is 5.75 Å². The van der Waals surface area contributed by atoms with Crippen LogP contribution in [0.2, 0.25) is 0 Å². The zero-order valence-electron chi connectivity index (χ0n) is 17.9. The van der Waals surface area contributed by atoms with E-state index in [2.05, 4.69) is 16.3 Å². The second-order valence-electron chi connectivity index (χ2n) is 9.41. The zero-order chi connectivity index (χ0) is 23.2. The molecule has 2 aromatic carbocycles. The van der Waals surface area contributed by atoms with Crippen LogP contribution in [0.1, 0.15) is 55.7 Å². The van der Waals surface area contributed by atoms with Gasteiger partial charge >= 0.3 is 15.6 Å². The van der Waals surface area contributed by atoms with Gasteiger partial charge in [-0.05, 0) is 86.6 Å². The van der Waals surface area contributed by atoms with Gasteiger partial charge in [0.25, 0.3) is 0 Å². The van der Waals surface area contributed by atoms with Crippen LogP contribution in [-0.4, -0.2) is 24.6 Å². The molecular weight excluding hydrogens is 441 g/mol. The number of halogens is 3. The summed E-state index contributed by atoms with van der Waals surface area (Å²) in [5, 5.41) is 10.8. The Morgan fingerprint density at radius 3 is 2.53 bits per heavy atom. The number of benzene rings is 2. The fourth-order valence-corrected chi connectivity index (χ4v) is 6.02. The fourth-order valence-electron chi connectivity index (χ4n) is 5.57. The Kier molecular flexibility index (Phi) is 5.82. The average Bonchev–Trinajstić information content (AvgIpc) is 2.83. The van der Waals surface area contributed by atoms with Gasteiger partial charge in [0.15, 0.2) is 0 Å². The quantitative estimate of drug-likeness (QED) is 0.490. The molecule has 32 heavy (non-hydrogen) atoms. The molecule has 1 saturated carbocycles. The maximum atomic E-state index is 12.8. The lowest BCUT2D eigenvalue weighted by Crippen LogP contribution is -2.47. The molecule has 2 aliphatic carbocycles. The molecule has 4 nitrogen and oxygen atoms in total. The molecule has 0 saturated heterocycles. The summed E-state index contributed by atoms with van der Waals surface area (Å²) in [6.45, 7) is 1.87. The molecular formula is C24H27F3O4S. The molecule has 0 bridgehead atoms. The van der Waals surface area contributed by atoms with E-state index < -0.39 is 21.2 Å². The Morgan fingerprint density at radius 1 is 1.12 bits per heavy atom. The number of aryl methyl sites for hydroxylation is 1. The van der Waals surface area contributed by atoms with Gasteiger partial charge in [0.1, 0.15) is 5.75 Å². The third-order valence-electron chi connectivity index (χ3n) is 7.04. The van der Waals surface area contributed by atoms with Gasteiger partial charge in [-0.3, -0.25) is 0 Å². The van der Waals surface area contributed by atoms with E-state index in [-0.39, 0.29) is 17.1 Å². The second kappa shape index (κ2) is 8.06. The number of fused-ring (bicyclic) bond motifs is 3. The summed E-state index contributed by atoms with van der Waals surface area (Å²) in [6.07, 6.45) is 5.08. The molecule has 0 radical (unpaired) electrons. The summed E-state index contributed by atoms with van der Waals surface area (Å²) in [5.41, 5.74) is -3.51. The lowest BCUT2D eigenvalue weighted by molar-refractivity contribution is -0.0500. The van der Waals surface area contributed by atoms with E-state index in [1.165, 1.54) is 12.1 Å². The largest absolute Gasteiger partial charge is 0.534 e. The molecule has 8 heteroatoms. The Balaban J connectivity index is 1.77. The van der Waals surface area contributed by atoms with Crippen molar-refractivity contribution in [2.24, 2.45) is 5.92 Å². The minimum atomic E-state index is -5.72. The number of rotatable bonds is 4. The van der Waals surface area contributed by atoms with Crippen molar-refractivity contribution in [1.29, 1.82) is 0 Å². The van der Waals surface area contributed by atoms with E-state index in [9.17, 15) is 26.7 Å². The molecule has 0 aromatic heterocycles. The van der Waals surface area contributed by atoms with Gasteiger partial charge in [-0.2, -0.15) is 21.6 Å². The average molecular weight is 469 g/mol. The van der Waals surface area contributed by atoms with E-state index in [0.29, 0.717) is 19.3 Å². The lowest BCUT2D eigenvalue weighted by atomic mass is 9.56. The lowest BCUT2D eigenvalue weighted by Gasteiger charge is -2.49. The summed E-state index contributed by atoms with van der Waals surface area (Å²) >= 11 is 0. The van der Waals surface area contributed by atoms with Crippen molar-refractivity contribution in [1.82, 2.24) is 0 Å². The number of alkyl halides is 3. The van der Waals surface area contributed by atoms with Crippen LogP contribution in [0.4, 0.5) is 13.2 Å². The van der Waals surface area contributed by atoms with Crippen LogP contribution in [0.5, 0.6) is 5.75 Å². The molecule has 0 amide bonds. The van der Waals surface area contributed by atoms with Crippen LogP contribution in [0, 0.1) is 5.92 Å². The van der Waals surface area contributed by atoms with Crippen molar-refractivity contribution >= 4 is 10.1 Å². The predicted octanol–water partition coefficient (Wildman–Crippen LogP) is 5.28. The normalized spacial score (nSPS) is 28.3. The fraction of sp³-hybridized carbons (Fsp3) is 0.500. The molecule has 4 rings (SSSR count). The molecule has 1 fully saturated rings. The minimum absolute atomic E-state index is 0.207. The van der Waals surface area contributed by atoms with Crippen molar-refractivity contribution in [3.63, 3.8) is 0 Å². The number of hydrogen-bond donors (Lipinski definition) is 1. The Bertz CT molecular complexity index is 1080. The molecule has 0 heterocycles. The highest BCUT2D eigenvalue weighted by Crippen LogP contribution is 2.53. The van der Waals surface area contributed by atoms with Crippen LogP contribution in [0.25, 0.3) is 0 Å². The molecule has 2 aliphatic rings. The predicted molar refractivity (Wildman–Crippen MR) is 115 cm³/mol. The van der Waals surface area contributed by atoms with Crippen molar-refractivity contribution in [2.75, 3.05) is 0 Å². The number of hydrogen-bond acceptors (Lipinski definition) is 4. The van der Waals surface area contributed by atoms with Crippen molar-refractivity contribution in [3.05, 3.63) is 65.2 Å². The van der Waals surface area contributed by atoms with Gasteiger partial charge in [0, 0.05) is 5.41 Å². The summed E-state index contributed by atoms with van der Waals surface area (Å²) in [5.74, 6) is -0.115. The van der Waals surface area contributed by atoms with Gasteiger partial charge in [0.05, 0.1) is 5.60 Å². The smallest absolute Gasteiger partial charge is 0.390 e. The highest BCUT2D eigenvalue weighted by molar-refractivity contribution is 7.88. The van der Waals surface area contributed by atoms with Crippen LogP contribution in [0.15, 0.2) is 48.5 Å². The van der Waals surface area contributed by atoms with Crippen LogP contribution < -0.4 is 4.18 Å². The third-order valence-corrected chi connectivity index (χ3v) is 8.02. The second-order valence-corrected chi connectivity index (χ2v) is 10.9. The maximum absolute atomic E-state index is 12.8. The molecule has 0 aliphatic heterocycles. The van der Waals surface area contributed by atoms with Crippen LogP contribution >= 0.6 is 0 Å². The van der Waals surface area contributed by atoms with Gasteiger partial charge in [-0.25, -0.2) is 0 Å². The van der Waals surface area contributed by atoms with Crippen LogP contribution in [-0.2, 0) is 28.4 Å². The molecule has 3 atom stereocenters. The van der Waals surface area contributed by atoms with E-state index in [0.717, 1.165) is 42.4 Å². The molecule has 2 aromatic rings. The van der Waals surface area contributed by atoms with Gasteiger partial charge in [0.2, 0.25) is 0 Å². The highest BCUT2D eigenvalue weighted by Gasteiger charge is 2.50. The monoisotopic (exact) mass is 468 g/mol. The summed E-state index contributed by atoms with van der Waals surface area (Å²) < 4.78 is 65.7. The van der Waals surface area contributed by atoms with Gasteiger partial charge in [-0.1, -0.05) is 36.4 Å². The van der Waals surface area contributed by atoms with E-state index in [4.69, 9.17) is 0 Å². The molecule has 1 N–H and O–H groups in total. The first-order valence-electron chi connectivity index (χ1n) is 10.8. The van der Waals surface area contributed by atoms with Crippen LogP contribution in [0.3, 0.4) is 0 Å². The van der Waals surface area contributed by atoms with Crippen molar-refractivity contribution in [2.45, 2.75) is 68.4 Å². The minimum Gasteiger partial charge on any atom is -0.390 e. The Hall–Kier alpha value is -2.06. The topological polar surface area (TPSA) is 63.6 Å². The van der Waals surface area contributed by atoms with E-state index in [1.807, 2.05) is 25.1 Å².